The Morgan fingerprint density at radius 2 is 2.07 bits per heavy atom. The maximum absolute atomic E-state index is 12.0. The molecule has 0 saturated heterocycles. The molecule has 1 aliphatic rings. The summed E-state index contributed by atoms with van der Waals surface area (Å²) >= 11 is 0. The summed E-state index contributed by atoms with van der Waals surface area (Å²) in [7, 11) is 1.57. The first-order valence-corrected chi connectivity index (χ1v) is 8.06. The van der Waals surface area contributed by atoms with Crippen molar-refractivity contribution >= 4 is 17.7 Å². The number of nitro groups is 1. The molecule has 0 bridgehead atoms. The molecule has 0 aliphatic carbocycles. The van der Waals surface area contributed by atoms with Crippen molar-refractivity contribution < 1.29 is 28.7 Å². The minimum atomic E-state index is -0.571. The van der Waals surface area contributed by atoms with Gasteiger partial charge >= 0.3 is 5.97 Å². The molecule has 0 spiro atoms. The van der Waals surface area contributed by atoms with Crippen LogP contribution in [0.5, 0.6) is 11.5 Å². The lowest BCUT2D eigenvalue weighted by Crippen LogP contribution is -2.14. The van der Waals surface area contributed by atoms with E-state index < -0.39 is 10.9 Å². The number of non-ortho nitro benzene ring substituents is 1. The number of fused-ring (bicyclic) bond motifs is 1. The predicted molar refractivity (Wildman–Crippen MR) is 95.2 cm³/mol. The quantitative estimate of drug-likeness (QED) is 0.333. The monoisotopic (exact) mass is 371 g/mol. The van der Waals surface area contributed by atoms with E-state index in [0.29, 0.717) is 22.6 Å². The zero-order chi connectivity index (χ0) is 19.2. The number of rotatable bonds is 6. The van der Waals surface area contributed by atoms with E-state index in [1.807, 2.05) is 0 Å². The van der Waals surface area contributed by atoms with Gasteiger partial charge in [-0.1, -0.05) is 12.1 Å². The Morgan fingerprint density at radius 1 is 1.30 bits per heavy atom. The van der Waals surface area contributed by atoms with E-state index in [4.69, 9.17) is 18.9 Å². The number of benzene rings is 2. The fourth-order valence-corrected chi connectivity index (χ4v) is 2.57. The standard InChI is InChI=1S/C19H17NO7/c1-24-17-5-2-13(3-6-17)4-7-18(21)26-11-15-9-16(20(22)23)8-14-10-25-12-27-19(14)15/h2-9H,10-12H2,1H3. The lowest BCUT2D eigenvalue weighted by Gasteiger charge is -2.20. The Labute approximate surface area is 155 Å². The van der Waals surface area contributed by atoms with E-state index in [1.54, 1.807) is 37.5 Å². The number of carbonyl (C=O) groups excluding carboxylic acids is 1. The lowest BCUT2D eigenvalue weighted by molar-refractivity contribution is -0.385. The second-order valence-electron chi connectivity index (χ2n) is 5.68. The molecule has 0 amide bonds. The molecule has 8 heteroatoms. The first-order valence-electron chi connectivity index (χ1n) is 8.06. The van der Waals surface area contributed by atoms with Gasteiger partial charge in [0.15, 0.2) is 6.79 Å². The lowest BCUT2D eigenvalue weighted by atomic mass is 10.1. The van der Waals surface area contributed by atoms with Gasteiger partial charge in [-0.2, -0.15) is 0 Å². The van der Waals surface area contributed by atoms with Crippen molar-refractivity contribution in [3.63, 3.8) is 0 Å². The van der Waals surface area contributed by atoms with E-state index in [-0.39, 0.29) is 25.7 Å². The van der Waals surface area contributed by atoms with E-state index in [0.717, 1.165) is 5.56 Å². The molecular weight excluding hydrogens is 354 g/mol. The topological polar surface area (TPSA) is 97.1 Å². The summed E-state index contributed by atoms with van der Waals surface area (Å²) in [6, 6.07) is 9.88. The summed E-state index contributed by atoms with van der Waals surface area (Å²) in [6.07, 6.45) is 2.89. The van der Waals surface area contributed by atoms with Gasteiger partial charge in [-0.25, -0.2) is 4.79 Å². The molecule has 8 nitrogen and oxygen atoms in total. The second-order valence-corrected chi connectivity index (χ2v) is 5.68. The maximum atomic E-state index is 12.0. The van der Waals surface area contributed by atoms with Crippen molar-refractivity contribution in [3.05, 3.63) is 69.3 Å². The van der Waals surface area contributed by atoms with Crippen LogP contribution in [0.1, 0.15) is 16.7 Å². The minimum Gasteiger partial charge on any atom is -0.497 e. The Hall–Kier alpha value is -3.39. The average molecular weight is 371 g/mol. The van der Waals surface area contributed by atoms with Gasteiger partial charge in [-0.15, -0.1) is 0 Å². The summed E-state index contributed by atoms with van der Waals surface area (Å²) in [4.78, 5) is 22.5. The summed E-state index contributed by atoms with van der Waals surface area (Å²) in [5.41, 5.74) is 1.67. The highest BCUT2D eigenvalue weighted by Crippen LogP contribution is 2.33. The molecule has 27 heavy (non-hydrogen) atoms. The van der Waals surface area contributed by atoms with Crippen molar-refractivity contribution in [2.24, 2.45) is 0 Å². The van der Waals surface area contributed by atoms with Crippen LogP contribution in [0.3, 0.4) is 0 Å². The minimum absolute atomic E-state index is 0.0448. The summed E-state index contributed by atoms with van der Waals surface area (Å²) in [5, 5.41) is 11.1. The first-order chi connectivity index (χ1) is 13.1. The van der Waals surface area contributed by atoms with Gasteiger partial charge in [0.2, 0.25) is 0 Å². The molecule has 1 heterocycles. The fourth-order valence-electron chi connectivity index (χ4n) is 2.57. The van der Waals surface area contributed by atoms with Crippen LogP contribution >= 0.6 is 0 Å². The highest BCUT2D eigenvalue weighted by molar-refractivity contribution is 5.87. The molecule has 140 valence electrons. The van der Waals surface area contributed by atoms with Gasteiger partial charge in [0.1, 0.15) is 18.1 Å². The molecule has 0 radical (unpaired) electrons. The molecule has 0 fully saturated rings. The smallest absolute Gasteiger partial charge is 0.331 e. The fraction of sp³-hybridized carbons (Fsp3) is 0.211. The highest BCUT2D eigenvalue weighted by atomic mass is 16.7. The molecule has 1 aliphatic heterocycles. The molecule has 0 atom stereocenters. The SMILES string of the molecule is COc1ccc(C=CC(=O)OCc2cc([N+](=O)[O-])cc3c2OCOC3)cc1. The van der Waals surface area contributed by atoms with Gasteiger partial charge in [-0.05, 0) is 23.8 Å². The third kappa shape index (κ3) is 4.62. The number of methoxy groups -OCH3 is 1. The Morgan fingerprint density at radius 3 is 2.78 bits per heavy atom. The molecular formula is C19H17NO7. The van der Waals surface area contributed by atoms with E-state index in [2.05, 4.69) is 0 Å². The number of nitrogens with zero attached hydrogens (tertiary/aromatic N) is 1. The second kappa shape index (κ2) is 8.33. The van der Waals surface area contributed by atoms with Gasteiger partial charge in [0.05, 0.1) is 18.6 Å². The summed E-state index contributed by atoms with van der Waals surface area (Å²) in [6.45, 7) is 0.105. The molecule has 0 unspecified atom stereocenters. The van der Waals surface area contributed by atoms with E-state index >= 15 is 0 Å². The molecule has 3 rings (SSSR count). The first kappa shape index (κ1) is 18.4. The van der Waals surface area contributed by atoms with Gasteiger partial charge < -0.3 is 18.9 Å². The predicted octanol–water partition coefficient (Wildman–Crippen LogP) is 3.23. The maximum Gasteiger partial charge on any atom is 0.331 e. The Balaban J connectivity index is 1.68. The average Bonchev–Trinajstić information content (AvgIpc) is 2.70. The Bertz CT molecular complexity index is 874. The molecule has 0 aromatic heterocycles. The molecule has 0 N–H and O–H groups in total. The van der Waals surface area contributed by atoms with Crippen LogP contribution in [0.4, 0.5) is 5.69 Å². The highest BCUT2D eigenvalue weighted by Gasteiger charge is 2.21. The van der Waals surface area contributed by atoms with Crippen molar-refractivity contribution in [3.8, 4) is 11.5 Å². The molecule has 0 saturated carbocycles. The normalized spacial score (nSPS) is 12.9. The van der Waals surface area contributed by atoms with Crippen LogP contribution in [-0.4, -0.2) is 24.8 Å². The van der Waals surface area contributed by atoms with E-state index in [9.17, 15) is 14.9 Å². The van der Waals surface area contributed by atoms with Gasteiger partial charge in [-0.3, -0.25) is 10.1 Å². The number of hydrogen-bond acceptors (Lipinski definition) is 7. The van der Waals surface area contributed by atoms with E-state index in [1.165, 1.54) is 18.2 Å². The van der Waals surface area contributed by atoms with Crippen LogP contribution in [0.25, 0.3) is 6.08 Å². The van der Waals surface area contributed by atoms with Crippen LogP contribution < -0.4 is 9.47 Å². The molecule has 2 aromatic rings. The number of hydrogen-bond donors (Lipinski definition) is 0. The van der Waals surface area contributed by atoms with Crippen LogP contribution in [0.15, 0.2) is 42.5 Å². The van der Waals surface area contributed by atoms with Crippen molar-refractivity contribution in [1.82, 2.24) is 0 Å². The van der Waals surface area contributed by atoms with Crippen LogP contribution in [0.2, 0.25) is 0 Å². The van der Waals surface area contributed by atoms with Crippen LogP contribution in [-0.2, 0) is 27.5 Å². The van der Waals surface area contributed by atoms with Crippen LogP contribution in [0, 0.1) is 10.1 Å². The number of nitro benzene ring substituents is 1. The third-order valence-corrected chi connectivity index (χ3v) is 3.88. The van der Waals surface area contributed by atoms with Gasteiger partial charge in [0.25, 0.3) is 5.69 Å². The summed E-state index contributed by atoms with van der Waals surface area (Å²) < 4.78 is 20.8. The zero-order valence-corrected chi connectivity index (χ0v) is 14.5. The number of ether oxygens (including phenoxy) is 4. The largest absolute Gasteiger partial charge is 0.497 e. The Kier molecular flexibility index (Phi) is 5.68. The van der Waals surface area contributed by atoms with Crippen molar-refractivity contribution in [2.75, 3.05) is 13.9 Å². The van der Waals surface area contributed by atoms with Crippen molar-refractivity contribution in [2.45, 2.75) is 13.2 Å². The zero-order valence-electron chi connectivity index (χ0n) is 14.5. The third-order valence-electron chi connectivity index (χ3n) is 3.88. The number of carbonyl (C=O) groups is 1. The van der Waals surface area contributed by atoms with Gasteiger partial charge in [0, 0.05) is 29.3 Å². The number of esters is 1. The van der Waals surface area contributed by atoms with Crippen molar-refractivity contribution in [1.29, 1.82) is 0 Å². The summed E-state index contributed by atoms with van der Waals surface area (Å²) in [5.74, 6) is 0.603. The molecule has 2 aromatic carbocycles.